The van der Waals surface area contributed by atoms with Crippen LogP contribution in [0.5, 0.6) is 11.5 Å². The molecule has 4 unspecified atom stereocenters. The number of ether oxygens (including phenoxy) is 2. The van der Waals surface area contributed by atoms with Crippen molar-refractivity contribution >= 4 is 0 Å². The zero-order valence-electron chi connectivity index (χ0n) is 24.1. The molecule has 6 rings (SSSR count). The average Bonchev–Trinajstić information content (AvgIpc) is 3.43. The van der Waals surface area contributed by atoms with Gasteiger partial charge in [0.1, 0.15) is 17.6 Å². The molecule has 4 aromatic rings. The Hall–Kier alpha value is -3.58. The Morgan fingerprint density at radius 1 is 0.950 bits per heavy atom. The molecule has 1 saturated carbocycles. The third-order valence-corrected chi connectivity index (χ3v) is 9.04. The number of nitrogens with zero attached hydrogens (tertiary/aromatic N) is 4. The Morgan fingerprint density at radius 2 is 1.68 bits per heavy atom. The first kappa shape index (κ1) is 26.6. The van der Waals surface area contributed by atoms with E-state index in [0.29, 0.717) is 0 Å². The predicted octanol–water partition coefficient (Wildman–Crippen LogP) is 5.57. The molecule has 4 atom stereocenters. The zero-order valence-corrected chi connectivity index (χ0v) is 24.1. The summed E-state index contributed by atoms with van der Waals surface area (Å²) in [6.07, 6.45) is 6.46. The summed E-state index contributed by atoms with van der Waals surface area (Å²) in [7, 11) is 3.99. The lowest BCUT2D eigenvalue weighted by Crippen LogP contribution is -2.55. The van der Waals surface area contributed by atoms with Gasteiger partial charge in [-0.25, -0.2) is 0 Å². The van der Waals surface area contributed by atoms with Crippen LogP contribution in [0.3, 0.4) is 0 Å². The van der Waals surface area contributed by atoms with E-state index in [-0.39, 0.29) is 23.7 Å². The number of rotatable bonds is 7. The SMILES string of the molecule is Cc1cc(CC2CC(Oc3ccc4c(c3)CCC(c3ccccc3)O4)CCC2(N)Cc2cc(C)n(C)n2)nn1C. The molecule has 210 valence electrons. The first-order valence-corrected chi connectivity index (χ1v) is 14.5. The zero-order chi connectivity index (χ0) is 27.9. The molecular weight excluding hydrogens is 498 g/mol. The second kappa shape index (κ2) is 10.8. The molecule has 2 aromatic heterocycles. The summed E-state index contributed by atoms with van der Waals surface area (Å²) in [5, 5.41) is 9.50. The molecular formula is C33H41N5O2. The van der Waals surface area contributed by atoms with E-state index >= 15 is 0 Å². The van der Waals surface area contributed by atoms with Crippen LogP contribution in [0.4, 0.5) is 0 Å². The van der Waals surface area contributed by atoms with E-state index in [0.717, 1.165) is 79.2 Å². The number of hydrogen-bond donors (Lipinski definition) is 1. The van der Waals surface area contributed by atoms with Crippen LogP contribution < -0.4 is 15.2 Å². The molecule has 0 spiro atoms. The average molecular weight is 540 g/mol. The van der Waals surface area contributed by atoms with E-state index in [2.05, 4.69) is 68.4 Å². The van der Waals surface area contributed by atoms with Crippen LogP contribution in [0.15, 0.2) is 60.7 Å². The molecule has 40 heavy (non-hydrogen) atoms. The number of aromatic nitrogens is 4. The molecule has 0 bridgehead atoms. The molecule has 1 aliphatic heterocycles. The van der Waals surface area contributed by atoms with Crippen LogP contribution >= 0.6 is 0 Å². The standard InChI is InChI=1S/C33H41N5O2/c1-22-16-27(35-37(22)3)19-26-20-30(14-15-33(26,34)21-28-17-23(2)38(4)36-28)39-29-11-13-32-25(18-29)10-12-31(40-32)24-8-6-5-7-9-24/h5-9,11,13,16-18,26,30-31H,10,12,14-15,19-21,34H2,1-4H3. The van der Waals surface area contributed by atoms with Gasteiger partial charge in [0.2, 0.25) is 0 Å². The first-order valence-electron chi connectivity index (χ1n) is 14.5. The quantitative estimate of drug-likeness (QED) is 0.332. The van der Waals surface area contributed by atoms with Crippen molar-refractivity contribution in [3.63, 3.8) is 0 Å². The fourth-order valence-corrected chi connectivity index (χ4v) is 6.51. The molecule has 1 fully saturated rings. The Morgan fingerprint density at radius 3 is 2.38 bits per heavy atom. The summed E-state index contributed by atoms with van der Waals surface area (Å²) in [6.45, 7) is 4.18. The second-order valence-electron chi connectivity index (χ2n) is 12.0. The maximum atomic E-state index is 7.24. The molecule has 1 aliphatic carbocycles. The third-order valence-electron chi connectivity index (χ3n) is 9.04. The van der Waals surface area contributed by atoms with E-state index in [4.69, 9.17) is 25.4 Å². The van der Waals surface area contributed by atoms with E-state index in [9.17, 15) is 0 Å². The number of nitrogens with two attached hydrogens (primary N) is 1. The van der Waals surface area contributed by atoms with Crippen LogP contribution in [-0.4, -0.2) is 31.2 Å². The van der Waals surface area contributed by atoms with Gasteiger partial charge in [0.15, 0.2) is 0 Å². The topological polar surface area (TPSA) is 80.1 Å². The predicted molar refractivity (Wildman–Crippen MR) is 157 cm³/mol. The van der Waals surface area contributed by atoms with E-state index in [1.54, 1.807) is 0 Å². The van der Waals surface area contributed by atoms with Gasteiger partial charge in [0, 0.05) is 37.4 Å². The molecule has 0 radical (unpaired) electrons. The van der Waals surface area contributed by atoms with E-state index < -0.39 is 0 Å². The Bertz CT molecular complexity index is 1440. The Labute approximate surface area is 237 Å². The maximum absolute atomic E-state index is 7.24. The monoisotopic (exact) mass is 539 g/mol. The molecule has 3 heterocycles. The summed E-state index contributed by atoms with van der Waals surface area (Å²) < 4.78 is 16.9. The van der Waals surface area contributed by atoms with Crippen molar-refractivity contribution in [2.45, 2.75) is 76.5 Å². The minimum atomic E-state index is -0.359. The lowest BCUT2D eigenvalue weighted by molar-refractivity contribution is 0.0682. The highest BCUT2D eigenvalue weighted by Crippen LogP contribution is 2.40. The van der Waals surface area contributed by atoms with Gasteiger partial charge in [-0.1, -0.05) is 30.3 Å². The van der Waals surface area contributed by atoms with Crippen LogP contribution in [0.2, 0.25) is 0 Å². The van der Waals surface area contributed by atoms with Crippen LogP contribution in [0.25, 0.3) is 0 Å². The minimum absolute atomic E-state index is 0.107. The maximum Gasteiger partial charge on any atom is 0.124 e. The number of fused-ring (bicyclic) bond motifs is 1. The van der Waals surface area contributed by atoms with Gasteiger partial charge in [-0.3, -0.25) is 9.36 Å². The van der Waals surface area contributed by atoms with Crippen molar-refractivity contribution in [2.24, 2.45) is 25.7 Å². The highest BCUT2D eigenvalue weighted by atomic mass is 16.5. The summed E-state index contributed by atoms with van der Waals surface area (Å²) in [6, 6.07) is 21.1. The van der Waals surface area contributed by atoms with Crippen molar-refractivity contribution in [1.82, 2.24) is 19.6 Å². The van der Waals surface area contributed by atoms with E-state index in [1.165, 1.54) is 11.1 Å². The third kappa shape index (κ3) is 5.52. The number of aryl methyl sites for hydroxylation is 5. The molecule has 2 aromatic carbocycles. The highest BCUT2D eigenvalue weighted by Gasteiger charge is 2.42. The number of hydrogen-bond acceptors (Lipinski definition) is 5. The highest BCUT2D eigenvalue weighted by molar-refractivity contribution is 5.42. The smallest absolute Gasteiger partial charge is 0.124 e. The summed E-state index contributed by atoms with van der Waals surface area (Å²) in [5.41, 5.74) is 13.8. The van der Waals surface area contributed by atoms with Gasteiger partial charge in [0.05, 0.1) is 17.5 Å². The van der Waals surface area contributed by atoms with Gasteiger partial charge in [-0.15, -0.1) is 0 Å². The summed E-state index contributed by atoms with van der Waals surface area (Å²) >= 11 is 0. The second-order valence-corrected chi connectivity index (χ2v) is 12.0. The van der Waals surface area contributed by atoms with Gasteiger partial charge in [0.25, 0.3) is 0 Å². The van der Waals surface area contributed by atoms with E-state index in [1.807, 2.05) is 29.5 Å². The normalized spacial score (nSPS) is 24.4. The molecule has 2 aliphatic rings. The molecule has 2 N–H and O–H groups in total. The van der Waals surface area contributed by atoms with Crippen molar-refractivity contribution in [2.75, 3.05) is 0 Å². The Balaban J connectivity index is 1.17. The fraction of sp³-hybridized carbons (Fsp3) is 0.455. The van der Waals surface area contributed by atoms with Crippen LogP contribution in [-0.2, 0) is 33.4 Å². The molecule has 7 nitrogen and oxygen atoms in total. The van der Waals surface area contributed by atoms with Crippen molar-refractivity contribution in [1.29, 1.82) is 0 Å². The van der Waals surface area contributed by atoms with Crippen molar-refractivity contribution in [3.8, 4) is 11.5 Å². The molecule has 0 amide bonds. The minimum Gasteiger partial charge on any atom is -0.490 e. The lowest BCUT2D eigenvalue weighted by atomic mass is 9.68. The van der Waals surface area contributed by atoms with Crippen molar-refractivity contribution < 1.29 is 9.47 Å². The largest absolute Gasteiger partial charge is 0.490 e. The Kier molecular flexibility index (Phi) is 7.17. The van der Waals surface area contributed by atoms with Crippen LogP contribution in [0, 0.1) is 19.8 Å². The van der Waals surface area contributed by atoms with Gasteiger partial charge >= 0.3 is 0 Å². The van der Waals surface area contributed by atoms with Gasteiger partial charge < -0.3 is 15.2 Å². The van der Waals surface area contributed by atoms with Crippen LogP contribution in [0.1, 0.15) is 65.7 Å². The molecule has 0 saturated heterocycles. The molecule has 7 heteroatoms. The van der Waals surface area contributed by atoms with Gasteiger partial charge in [-0.2, -0.15) is 10.2 Å². The van der Waals surface area contributed by atoms with Crippen molar-refractivity contribution in [3.05, 3.63) is 94.6 Å². The first-order chi connectivity index (χ1) is 19.3. The fourth-order valence-electron chi connectivity index (χ4n) is 6.51. The van der Waals surface area contributed by atoms with Gasteiger partial charge in [-0.05, 0) is 99.7 Å². The summed E-state index contributed by atoms with van der Waals surface area (Å²) in [4.78, 5) is 0. The number of benzene rings is 2. The lowest BCUT2D eigenvalue weighted by Gasteiger charge is -2.44. The summed E-state index contributed by atoms with van der Waals surface area (Å²) in [5.74, 6) is 2.12.